The summed E-state index contributed by atoms with van der Waals surface area (Å²) in [4.78, 5) is 25.0. The first-order valence-corrected chi connectivity index (χ1v) is 11.1. The fourth-order valence-corrected chi connectivity index (χ4v) is 4.32. The number of benzene rings is 2. The Bertz CT molecular complexity index is 1020. The molecule has 0 bridgehead atoms. The van der Waals surface area contributed by atoms with Crippen molar-refractivity contribution in [2.24, 2.45) is 5.92 Å². The Kier molecular flexibility index (Phi) is 6.68. The number of nitrogens with one attached hydrogen (secondary N) is 2. The van der Waals surface area contributed by atoms with E-state index in [0.29, 0.717) is 12.5 Å². The number of nitrogens with zero attached hydrogens (tertiary/aromatic N) is 2. The van der Waals surface area contributed by atoms with Gasteiger partial charge in [0.2, 0.25) is 0 Å². The Balaban J connectivity index is 1.75. The highest BCUT2D eigenvalue weighted by atomic mass is 32.2. The van der Waals surface area contributed by atoms with Crippen LogP contribution in [0.15, 0.2) is 53.4 Å². The van der Waals surface area contributed by atoms with Crippen LogP contribution in [-0.2, 0) is 10.0 Å². The first-order valence-electron chi connectivity index (χ1n) is 9.59. The van der Waals surface area contributed by atoms with E-state index in [1.807, 2.05) is 4.72 Å². The van der Waals surface area contributed by atoms with Crippen LogP contribution in [0.1, 0.15) is 23.2 Å². The summed E-state index contributed by atoms with van der Waals surface area (Å²) in [7, 11) is -2.20. The first-order chi connectivity index (χ1) is 14.3. The zero-order valence-corrected chi connectivity index (χ0v) is 17.4. The minimum absolute atomic E-state index is 0.173. The molecule has 0 atom stereocenters. The predicted molar refractivity (Wildman–Crippen MR) is 113 cm³/mol. The number of carbonyl (C=O) groups excluding carboxylic acids is 1. The maximum atomic E-state index is 12.6. The Labute approximate surface area is 175 Å². The number of likely N-dealkylation sites (tertiary alicyclic amines) is 1. The average Bonchev–Trinajstić information content (AvgIpc) is 2.73. The molecule has 0 radical (unpaired) electrons. The standard InChI is InChI=1S/C20H24N4O5S/c1-23-11-9-15(10-12-23)14-21-18-8-7-17(13-19(18)24(26)27)30(28,29)22-20(25)16-5-3-2-4-6-16/h2-8,13,15,21H,9-12,14H2,1H3,(H,22,25). The van der Waals surface area contributed by atoms with E-state index in [4.69, 9.17) is 0 Å². The van der Waals surface area contributed by atoms with Gasteiger partial charge in [-0.25, -0.2) is 13.1 Å². The molecule has 2 aromatic rings. The number of hydrogen-bond donors (Lipinski definition) is 2. The summed E-state index contributed by atoms with van der Waals surface area (Å²) in [5.41, 5.74) is 0.0808. The Morgan fingerprint density at radius 3 is 2.47 bits per heavy atom. The summed E-state index contributed by atoms with van der Waals surface area (Å²) < 4.78 is 27.1. The zero-order valence-electron chi connectivity index (χ0n) is 16.6. The van der Waals surface area contributed by atoms with Gasteiger partial charge in [-0.05, 0) is 63.2 Å². The van der Waals surface area contributed by atoms with Gasteiger partial charge in [-0.3, -0.25) is 14.9 Å². The summed E-state index contributed by atoms with van der Waals surface area (Å²) >= 11 is 0. The van der Waals surface area contributed by atoms with Crippen LogP contribution in [0, 0.1) is 16.0 Å². The van der Waals surface area contributed by atoms with Gasteiger partial charge >= 0.3 is 0 Å². The highest BCUT2D eigenvalue weighted by Gasteiger charge is 2.24. The van der Waals surface area contributed by atoms with E-state index in [2.05, 4.69) is 17.3 Å². The molecule has 10 heteroatoms. The number of sulfonamides is 1. The topological polar surface area (TPSA) is 122 Å². The lowest BCUT2D eigenvalue weighted by atomic mass is 9.97. The molecule has 1 aliphatic rings. The Morgan fingerprint density at radius 1 is 1.17 bits per heavy atom. The van der Waals surface area contributed by atoms with Crippen molar-refractivity contribution in [1.82, 2.24) is 9.62 Å². The van der Waals surface area contributed by atoms with Crippen molar-refractivity contribution in [3.05, 3.63) is 64.2 Å². The highest BCUT2D eigenvalue weighted by molar-refractivity contribution is 7.90. The van der Waals surface area contributed by atoms with Gasteiger partial charge in [-0.2, -0.15) is 0 Å². The third-order valence-corrected chi connectivity index (χ3v) is 6.49. The summed E-state index contributed by atoms with van der Waals surface area (Å²) in [6, 6.07) is 11.5. The van der Waals surface area contributed by atoms with E-state index >= 15 is 0 Å². The second-order valence-electron chi connectivity index (χ2n) is 7.36. The fraction of sp³-hybridized carbons (Fsp3) is 0.350. The van der Waals surface area contributed by atoms with Gasteiger partial charge < -0.3 is 10.2 Å². The van der Waals surface area contributed by atoms with Crippen LogP contribution in [0.4, 0.5) is 11.4 Å². The van der Waals surface area contributed by atoms with E-state index in [1.54, 1.807) is 18.2 Å². The number of hydrogen-bond acceptors (Lipinski definition) is 7. The predicted octanol–water partition coefficient (Wildman–Crippen LogP) is 2.47. The Morgan fingerprint density at radius 2 is 1.83 bits per heavy atom. The van der Waals surface area contributed by atoms with Crippen LogP contribution >= 0.6 is 0 Å². The summed E-state index contributed by atoms with van der Waals surface area (Å²) in [5, 5.41) is 14.6. The number of amides is 1. The molecule has 0 saturated carbocycles. The molecular formula is C20H24N4O5S. The van der Waals surface area contributed by atoms with Crippen molar-refractivity contribution in [2.45, 2.75) is 17.7 Å². The zero-order chi connectivity index (χ0) is 21.7. The molecule has 9 nitrogen and oxygen atoms in total. The first kappa shape index (κ1) is 21.7. The van der Waals surface area contributed by atoms with E-state index in [1.165, 1.54) is 24.3 Å². The van der Waals surface area contributed by atoms with Gasteiger partial charge in [0.05, 0.1) is 9.82 Å². The lowest BCUT2D eigenvalue weighted by molar-refractivity contribution is -0.384. The van der Waals surface area contributed by atoms with Crippen molar-refractivity contribution < 1.29 is 18.1 Å². The van der Waals surface area contributed by atoms with Crippen LogP contribution in [0.5, 0.6) is 0 Å². The molecule has 0 aliphatic carbocycles. The van der Waals surface area contributed by atoms with Crippen molar-refractivity contribution in [3.8, 4) is 0 Å². The fourth-order valence-electron chi connectivity index (χ4n) is 3.33. The molecule has 1 heterocycles. The van der Waals surface area contributed by atoms with Crippen LogP contribution in [0.25, 0.3) is 0 Å². The molecule has 30 heavy (non-hydrogen) atoms. The lowest BCUT2D eigenvalue weighted by Crippen LogP contribution is -2.33. The number of rotatable bonds is 7. The maximum absolute atomic E-state index is 12.6. The van der Waals surface area contributed by atoms with Crippen molar-refractivity contribution in [2.75, 3.05) is 32.0 Å². The third-order valence-electron chi connectivity index (χ3n) is 5.16. The molecule has 160 valence electrons. The number of piperidine rings is 1. The molecule has 2 N–H and O–H groups in total. The second-order valence-corrected chi connectivity index (χ2v) is 9.05. The molecule has 2 aromatic carbocycles. The molecule has 0 unspecified atom stereocenters. The number of nitro benzene ring substituents is 1. The molecule has 1 saturated heterocycles. The minimum Gasteiger partial charge on any atom is -0.379 e. The quantitative estimate of drug-likeness (QED) is 0.509. The third kappa shape index (κ3) is 5.33. The maximum Gasteiger partial charge on any atom is 0.293 e. The molecule has 1 aliphatic heterocycles. The van der Waals surface area contributed by atoms with Gasteiger partial charge in [-0.1, -0.05) is 18.2 Å². The van der Waals surface area contributed by atoms with E-state index in [-0.39, 0.29) is 21.8 Å². The van der Waals surface area contributed by atoms with Gasteiger partial charge in [0.25, 0.3) is 21.6 Å². The van der Waals surface area contributed by atoms with E-state index < -0.39 is 20.9 Å². The van der Waals surface area contributed by atoms with Gasteiger partial charge in [-0.15, -0.1) is 0 Å². The highest BCUT2D eigenvalue weighted by Crippen LogP contribution is 2.28. The number of nitro groups is 1. The van der Waals surface area contributed by atoms with Crippen LogP contribution in [0.2, 0.25) is 0 Å². The van der Waals surface area contributed by atoms with Gasteiger partial charge in [0.1, 0.15) is 5.69 Å². The summed E-state index contributed by atoms with van der Waals surface area (Å²) in [6.45, 7) is 2.53. The van der Waals surface area contributed by atoms with Crippen molar-refractivity contribution >= 4 is 27.3 Å². The smallest absolute Gasteiger partial charge is 0.293 e. The van der Waals surface area contributed by atoms with Crippen molar-refractivity contribution in [3.63, 3.8) is 0 Å². The lowest BCUT2D eigenvalue weighted by Gasteiger charge is -2.29. The van der Waals surface area contributed by atoms with Crippen molar-refractivity contribution in [1.29, 1.82) is 0 Å². The molecule has 3 rings (SSSR count). The number of anilines is 1. The molecular weight excluding hydrogens is 408 g/mol. The summed E-state index contributed by atoms with van der Waals surface area (Å²) in [5.74, 6) is -0.405. The average molecular weight is 433 g/mol. The Hall–Kier alpha value is -2.98. The largest absolute Gasteiger partial charge is 0.379 e. The molecule has 0 spiro atoms. The molecule has 1 fully saturated rings. The number of carbonyl (C=O) groups is 1. The molecule has 1 amide bonds. The van der Waals surface area contributed by atoms with Gasteiger partial charge in [0, 0.05) is 18.2 Å². The SMILES string of the molecule is CN1CCC(CNc2ccc(S(=O)(=O)NC(=O)c3ccccc3)cc2[N+](=O)[O-])CC1. The van der Waals surface area contributed by atoms with E-state index in [0.717, 1.165) is 32.0 Å². The van der Waals surface area contributed by atoms with Crippen LogP contribution in [-0.4, -0.2) is 50.8 Å². The molecule has 0 aromatic heterocycles. The van der Waals surface area contributed by atoms with Crippen LogP contribution in [0.3, 0.4) is 0 Å². The second kappa shape index (κ2) is 9.23. The van der Waals surface area contributed by atoms with Gasteiger partial charge in [0.15, 0.2) is 0 Å². The van der Waals surface area contributed by atoms with E-state index in [9.17, 15) is 23.3 Å². The summed E-state index contributed by atoms with van der Waals surface area (Å²) in [6.07, 6.45) is 1.99. The van der Waals surface area contributed by atoms with Crippen LogP contribution < -0.4 is 10.0 Å². The minimum atomic E-state index is -4.26. The normalized spacial score (nSPS) is 15.5. The monoisotopic (exact) mass is 432 g/mol.